The lowest BCUT2D eigenvalue weighted by Crippen LogP contribution is -2.36. The monoisotopic (exact) mass is 440 g/mol. The molecule has 4 rings (SSSR count). The average molecular weight is 441 g/mol. The summed E-state index contributed by atoms with van der Waals surface area (Å²) in [6.45, 7) is 3.23. The first-order valence-electron chi connectivity index (χ1n) is 11.4. The smallest absolute Gasteiger partial charge is 0.251 e. The van der Waals surface area contributed by atoms with Crippen LogP contribution in [0.3, 0.4) is 0 Å². The molecule has 1 atom stereocenters. The van der Waals surface area contributed by atoms with E-state index in [1.165, 1.54) is 24.0 Å². The van der Waals surface area contributed by atoms with E-state index in [2.05, 4.69) is 23.5 Å². The van der Waals surface area contributed by atoms with Crippen LogP contribution in [0.1, 0.15) is 77.7 Å². The minimum atomic E-state index is -3.30. The molecular weight excluding hydrogens is 408 g/mol. The lowest BCUT2D eigenvalue weighted by atomic mass is 9.89. The van der Waals surface area contributed by atoms with E-state index < -0.39 is 10.0 Å². The molecule has 1 aliphatic heterocycles. The van der Waals surface area contributed by atoms with Gasteiger partial charge in [-0.3, -0.25) is 4.79 Å². The van der Waals surface area contributed by atoms with Gasteiger partial charge in [-0.05, 0) is 79.8 Å². The van der Waals surface area contributed by atoms with Crippen molar-refractivity contribution in [1.29, 1.82) is 0 Å². The maximum Gasteiger partial charge on any atom is 0.251 e. The predicted molar refractivity (Wildman–Crippen MR) is 123 cm³/mol. The molecule has 1 saturated heterocycles. The molecule has 0 bridgehead atoms. The van der Waals surface area contributed by atoms with Gasteiger partial charge in [0.15, 0.2) is 0 Å². The third-order valence-corrected chi connectivity index (χ3v) is 8.34. The van der Waals surface area contributed by atoms with Crippen molar-refractivity contribution in [2.45, 2.75) is 63.7 Å². The molecule has 0 spiro atoms. The van der Waals surface area contributed by atoms with Crippen LogP contribution in [-0.2, 0) is 28.6 Å². The SMILES string of the molecule is CC(NC(=O)c1ccc(CS(=O)(=O)N2CCCCC2)cc1)c1ccc2c(c1)CCCC2. The highest BCUT2D eigenvalue weighted by Crippen LogP contribution is 2.25. The molecule has 1 heterocycles. The topological polar surface area (TPSA) is 66.5 Å². The largest absolute Gasteiger partial charge is 0.346 e. The zero-order chi connectivity index (χ0) is 21.8. The minimum absolute atomic E-state index is 0.0135. The molecule has 0 radical (unpaired) electrons. The quantitative estimate of drug-likeness (QED) is 0.725. The van der Waals surface area contributed by atoms with Crippen molar-refractivity contribution < 1.29 is 13.2 Å². The maximum absolute atomic E-state index is 12.7. The second-order valence-electron chi connectivity index (χ2n) is 8.84. The maximum atomic E-state index is 12.7. The number of carbonyl (C=O) groups is 1. The molecule has 1 amide bonds. The van der Waals surface area contributed by atoms with Gasteiger partial charge in [-0.25, -0.2) is 12.7 Å². The van der Waals surface area contributed by atoms with Gasteiger partial charge in [0.2, 0.25) is 10.0 Å². The molecule has 2 aromatic rings. The molecule has 5 nitrogen and oxygen atoms in total. The van der Waals surface area contributed by atoms with Gasteiger partial charge in [0, 0.05) is 18.7 Å². The van der Waals surface area contributed by atoms with Crippen LogP contribution in [0, 0.1) is 0 Å². The first-order valence-corrected chi connectivity index (χ1v) is 13.0. The molecule has 6 heteroatoms. The van der Waals surface area contributed by atoms with Crippen molar-refractivity contribution in [1.82, 2.24) is 9.62 Å². The van der Waals surface area contributed by atoms with Crippen LogP contribution in [0.25, 0.3) is 0 Å². The van der Waals surface area contributed by atoms with Crippen LogP contribution in [0.2, 0.25) is 0 Å². The summed E-state index contributed by atoms with van der Waals surface area (Å²) in [6.07, 6.45) is 7.72. The summed E-state index contributed by atoms with van der Waals surface area (Å²) in [5, 5.41) is 3.07. The Morgan fingerprint density at radius 2 is 1.61 bits per heavy atom. The van der Waals surface area contributed by atoms with Gasteiger partial charge < -0.3 is 5.32 Å². The number of hydrogen-bond donors (Lipinski definition) is 1. The lowest BCUT2D eigenvalue weighted by Gasteiger charge is -2.25. The molecule has 2 aliphatic rings. The summed E-state index contributed by atoms with van der Waals surface area (Å²) in [6, 6.07) is 13.4. The first-order chi connectivity index (χ1) is 14.9. The Hall–Kier alpha value is -2.18. The summed E-state index contributed by atoms with van der Waals surface area (Å²) in [5.41, 5.74) is 5.22. The van der Waals surface area contributed by atoms with E-state index in [4.69, 9.17) is 0 Å². The van der Waals surface area contributed by atoms with Crippen LogP contribution in [0.4, 0.5) is 0 Å². The number of aryl methyl sites for hydroxylation is 2. The predicted octanol–water partition coefficient (Wildman–Crippen LogP) is 4.37. The van der Waals surface area contributed by atoms with Crippen LogP contribution in [0.5, 0.6) is 0 Å². The lowest BCUT2D eigenvalue weighted by molar-refractivity contribution is 0.0940. The Kier molecular flexibility index (Phi) is 6.77. The number of nitrogens with one attached hydrogen (secondary N) is 1. The van der Waals surface area contributed by atoms with Crippen molar-refractivity contribution in [3.63, 3.8) is 0 Å². The van der Waals surface area contributed by atoms with Gasteiger partial charge in [0.1, 0.15) is 0 Å². The van der Waals surface area contributed by atoms with Gasteiger partial charge in [-0.1, -0.05) is 36.8 Å². The Morgan fingerprint density at radius 3 is 2.32 bits per heavy atom. The molecule has 31 heavy (non-hydrogen) atoms. The Bertz CT molecular complexity index is 1030. The fraction of sp³-hybridized carbons (Fsp3) is 0.480. The fourth-order valence-corrected chi connectivity index (χ4v) is 6.19. The molecule has 1 fully saturated rings. The van der Waals surface area contributed by atoms with Crippen LogP contribution in [-0.4, -0.2) is 31.7 Å². The van der Waals surface area contributed by atoms with E-state index in [1.807, 2.05) is 6.92 Å². The van der Waals surface area contributed by atoms with E-state index in [-0.39, 0.29) is 17.7 Å². The van der Waals surface area contributed by atoms with Gasteiger partial charge in [-0.15, -0.1) is 0 Å². The number of fused-ring (bicyclic) bond motifs is 1. The Labute approximate surface area is 185 Å². The minimum Gasteiger partial charge on any atom is -0.346 e. The van der Waals surface area contributed by atoms with Crippen molar-refractivity contribution in [3.05, 3.63) is 70.3 Å². The molecular formula is C25H32N2O3S. The highest BCUT2D eigenvalue weighted by atomic mass is 32.2. The number of nitrogens with zero attached hydrogens (tertiary/aromatic N) is 1. The number of carbonyl (C=O) groups excluding carboxylic acids is 1. The summed E-state index contributed by atoms with van der Waals surface area (Å²) >= 11 is 0. The number of hydrogen-bond acceptors (Lipinski definition) is 3. The highest BCUT2D eigenvalue weighted by Gasteiger charge is 2.24. The standard InChI is InChI=1S/C25H32N2O3S/c1-19(23-14-13-21-7-3-4-8-24(21)17-23)26-25(28)22-11-9-20(10-12-22)18-31(29,30)27-15-5-2-6-16-27/h9-14,17,19H,2-8,15-16,18H2,1H3,(H,26,28). The second kappa shape index (κ2) is 9.53. The van der Waals surface area contributed by atoms with Crippen LogP contribution in [0.15, 0.2) is 42.5 Å². The normalized spacial score (nSPS) is 18.2. The Morgan fingerprint density at radius 1 is 0.935 bits per heavy atom. The van der Waals surface area contributed by atoms with Crippen LogP contribution < -0.4 is 5.32 Å². The van der Waals surface area contributed by atoms with E-state index in [0.717, 1.165) is 37.7 Å². The van der Waals surface area contributed by atoms with Crippen molar-refractivity contribution in [2.24, 2.45) is 0 Å². The number of amides is 1. The zero-order valence-electron chi connectivity index (χ0n) is 18.3. The number of rotatable bonds is 6. The van der Waals surface area contributed by atoms with E-state index in [9.17, 15) is 13.2 Å². The summed E-state index contributed by atoms with van der Waals surface area (Å²) in [7, 11) is -3.30. The summed E-state index contributed by atoms with van der Waals surface area (Å²) < 4.78 is 26.8. The summed E-state index contributed by atoms with van der Waals surface area (Å²) in [4.78, 5) is 12.7. The Balaban J connectivity index is 1.38. The van der Waals surface area contributed by atoms with Gasteiger partial charge in [0.05, 0.1) is 11.8 Å². The zero-order valence-corrected chi connectivity index (χ0v) is 19.1. The van der Waals surface area contributed by atoms with Crippen molar-refractivity contribution >= 4 is 15.9 Å². The van der Waals surface area contributed by atoms with E-state index in [0.29, 0.717) is 24.2 Å². The van der Waals surface area contributed by atoms with Crippen molar-refractivity contribution in [2.75, 3.05) is 13.1 Å². The molecule has 1 unspecified atom stereocenters. The molecule has 1 aliphatic carbocycles. The van der Waals surface area contributed by atoms with E-state index in [1.54, 1.807) is 28.6 Å². The molecule has 1 N–H and O–H groups in total. The fourth-order valence-electron chi connectivity index (χ4n) is 4.58. The van der Waals surface area contributed by atoms with Gasteiger partial charge in [0.25, 0.3) is 5.91 Å². The number of sulfonamides is 1. The second-order valence-corrected chi connectivity index (χ2v) is 10.8. The van der Waals surface area contributed by atoms with Gasteiger partial charge in [-0.2, -0.15) is 0 Å². The third-order valence-electron chi connectivity index (χ3n) is 6.49. The average Bonchev–Trinajstić information content (AvgIpc) is 2.79. The molecule has 2 aromatic carbocycles. The highest BCUT2D eigenvalue weighted by molar-refractivity contribution is 7.88. The molecule has 0 aromatic heterocycles. The van der Waals surface area contributed by atoms with Crippen molar-refractivity contribution in [3.8, 4) is 0 Å². The van der Waals surface area contributed by atoms with Crippen LogP contribution >= 0.6 is 0 Å². The van der Waals surface area contributed by atoms with Gasteiger partial charge >= 0.3 is 0 Å². The number of benzene rings is 2. The van der Waals surface area contributed by atoms with E-state index >= 15 is 0 Å². The molecule has 0 saturated carbocycles. The summed E-state index contributed by atoms with van der Waals surface area (Å²) in [5.74, 6) is -0.156. The first kappa shape index (κ1) is 22.0. The third kappa shape index (κ3) is 5.36. The molecule has 166 valence electrons. The number of piperidine rings is 1.